The maximum Gasteiger partial charge on any atom is 0.269 e. The van der Waals surface area contributed by atoms with E-state index in [1.54, 1.807) is 16.7 Å². The van der Waals surface area contributed by atoms with Crippen LogP contribution >= 0.6 is 0 Å². The van der Waals surface area contributed by atoms with Gasteiger partial charge < -0.3 is 4.74 Å². The quantitative estimate of drug-likeness (QED) is 0.131. The fourth-order valence-corrected chi connectivity index (χ4v) is 9.03. The predicted molar refractivity (Wildman–Crippen MR) is 250 cm³/mol. The van der Waals surface area contributed by atoms with Crippen molar-refractivity contribution in [3.63, 3.8) is 0 Å². The second kappa shape index (κ2) is 13.7. The molecular weight excluding hydrogens is 745 g/mol. The van der Waals surface area contributed by atoms with Crippen molar-refractivity contribution in [3.8, 4) is 62.1 Å². The van der Waals surface area contributed by atoms with E-state index in [1.807, 2.05) is 126 Å². The van der Waals surface area contributed by atoms with Crippen molar-refractivity contribution in [1.82, 2.24) is 14.1 Å². The van der Waals surface area contributed by atoms with E-state index in [4.69, 9.17) is 22.1 Å². The van der Waals surface area contributed by atoms with Gasteiger partial charge in [0.05, 0.1) is 33.4 Å². The summed E-state index contributed by atoms with van der Waals surface area (Å²) in [6.07, 6.45) is 5.37. The molecule has 0 N–H and O–H groups in total. The van der Waals surface area contributed by atoms with Crippen molar-refractivity contribution in [1.29, 1.82) is 0 Å². The van der Waals surface area contributed by atoms with Crippen LogP contribution in [0, 0.1) is 6.33 Å². The number of imidazole rings is 1. The lowest BCUT2D eigenvalue weighted by Gasteiger charge is -2.26. The smallest absolute Gasteiger partial charge is 0.269 e. The number of nitrogens with zero attached hydrogens (tertiary/aromatic N) is 4. The number of para-hydroxylation sites is 3. The number of ether oxygens (including phenoxy) is 1. The first-order chi connectivity index (χ1) is 33.3. The zero-order valence-electron chi connectivity index (χ0n) is 42.9. The Morgan fingerprint density at radius 1 is 0.557 bits per heavy atom. The van der Waals surface area contributed by atoms with E-state index in [9.17, 15) is 0 Å². The van der Waals surface area contributed by atoms with Gasteiger partial charge in [-0.25, -0.2) is 4.98 Å². The molecule has 0 radical (unpaired) electrons. The van der Waals surface area contributed by atoms with E-state index in [2.05, 4.69) is 62.0 Å². The molecule has 10 aromatic rings. The first-order valence-corrected chi connectivity index (χ1v) is 20.4. The molecule has 5 nitrogen and oxygen atoms in total. The number of rotatable bonds is 4. The van der Waals surface area contributed by atoms with E-state index in [-0.39, 0.29) is 16.7 Å². The minimum absolute atomic E-state index is 0.0842. The number of benzene rings is 7. The molecule has 0 atom stereocenters. The minimum Gasteiger partial charge on any atom is -0.458 e. The Balaban J connectivity index is 1.14. The molecule has 0 saturated heterocycles. The molecule has 7 aromatic carbocycles. The molecule has 3 aromatic heterocycles. The fraction of sp³-hybridized carbons (Fsp3) is 0.143. The van der Waals surface area contributed by atoms with Crippen molar-refractivity contribution in [3.05, 3.63) is 187 Å². The zero-order valence-corrected chi connectivity index (χ0v) is 33.9. The van der Waals surface area contributed by atoms with Crippen LogP contribution < -0.4 is 9.30 Å². The topological polar surface area (TPSA) is 35.9 Å². The lowest BCUT2D eigenvalue weighted by atomic mass is 9.82. The first kappa shape index (κ1) is 28.3. The van der Waals surface area contributed by atoms with Crippen LogP contribution in [0.2, 0.25) is 0 Å². The van der Waals surface area contributed by atoms with Crippen molar-refractivity contribution < 1.29 is 21.6 Å². The number of pyridine rings is 1. The molecule has 61 heavy (non-hydrogen) atoms. The average molecular weight is 800 g/mol. The standard InChI is InChI=1S/C56H46N4O/c1-55(2,3)36-30-31-57-52(32-36)60-49-26-12-11-22-44(49)45-29-28-39(34-51(45)60)61-38-17-13-16-37(33-38)58-35-59-53-46(23-14-25-48(53)56(4,5)6)42-20-9-7-18-40(42)41-19-8-10-21-43(41)47-24-15-27-50(58)54(47)59/h7-34H,1-6H3/i4D3,5D3,6D3. The molecule has 1 aliphatic heterocycles. The molecule has 296 valence electrons. The van der Waals surface area contributed by atoms with Gasteiger partial charge in [-0.05, 0) is 104 Å². The normalized spacial score (nSPS) is 15.2. The lowest BCUT2D eigenvalue weighted by molar-refractivity contribution is -0.572. The van der Waals surface area contributed by atoms with Gasteiger partial charge in [-0.15, -0.1) is 0 Å². The summed E-state index contributed by atoms with van der Waals surface area (Å²) in [5.74, 6) is 1.90. The largest absolute Gasteiger partial charge is 0.458 e. The Labute approximate surface area is 369 Å². The van der Waals surface area contributed by atoms with Crippen molar-refractivity contribution in [2.24, 2.45) is 0 Å². The first-order valence-electron chi connectivity index (χ1n) is 24.9. The van der Waals surface area contributed by atoms with Gasteiger partial charge in [-0.1, -0.05) is 151 Å². The second-order valence-electron chi connectivity index (χ2n) is 16.8. The molecule has 0 spiro atoms. The SMILES string of the molecule is [2H]C([2H])([2H])C(c1cccc2c1-[n+]1[c-]n(-c3cccc(Oc4ccc5c6ccccc6n(-c6cc(C(C)(C)C)ccn6)c5c4)c3)c3cccc(c31)-c1ccccc1-c1ccccc1-2)(C([2H])([2H])[2H])C([2H])([2H])[2H]. The van der Waals surface area contributed by atoms with E-state index >= 15 is 0 Å². The van der Waals surface area contributed by atoms with Gasteiger partial charge in [-0.3, -0.25) is 13.7 Å². The van der Waals surface area contributed by atoms with Crippen LogP contribution in [0.1, 0.15) is 64.8 Å². The lowest BCUT2D eigenvalue weighted by Crippen LogP contribution is -2.35. The summed E-state index contributed by atoms with van der Waals surface area (Å²) in [6.45, 7) is -4.04. The highest BCUT2D eigenvalue weighted by atomic mass is 16.5. The van der Waals surface area contributed by atoms with Crippen molar-refractivity contribution in [2.45, 2.75) is 52.2 Å². The van der Waals surface area contributed by atoms with Gasteiger partial charge in [0, 0.05) is 35.4 Å². The number of hydrogen-bond acceptors (Lipinski definition) is 2. The van der Waals surface area contributed by atoms with E-state index < -0.39 is 26.0 Å². The van der Waals surface area contributed by atoms with Crippen LogP contribution in [0.15, 0.2) is 170 Å². The molecule has 11 rings (SSSR count). The Bertz CT molecular complexity index is 3690. The molecule has 4 heterocycles. The summed E-state index contributed by atoms with van der Waals surface area (Å²) >= 11 is 0. The molecule has 0 saturated carbocycles. The van der Waals surface area contributed by atoms with Gasteiger partial charge in [0.25, 0.3) is 6.33 Å². The Hall–Kier alpha value is -7.24. The Kier molecular flexibility index (Phi) is 6.33. The summed E-state index contributed by atoms with van der Waals surface area (Å²) in [7, 11) is 0. The van der Waals surface area contributed by atoms with Crippen molar-refractivity contribution >= 4 is 32.8 Å². The zero-order chi connectivity index (χ0) is 49.1. The minimum atomic E-state index is -3.53. The fourth-order valence-electron chi connectivity index (χ4n) is 9.03. The highest BCUT2D eigenvalue weighted by Crippen LogP contribution is 2.45. The van der Waals surface area contributed by atoms with Crippen LogP contribution in [0.3, 0.4) is 0 Å². The van der Waals surface area contributed by atoms with E-state index in [0.717, 1.165) is 55.4 Å². The average Bonchev–Trinajstić information content (AvgIpc) is 3.87. The summed E-state index contributed by atoms with van der Waals surface area (Å²) in [4.78, 5) is 4.84. The summed E-state index contributed by atoms with van der Waals surface area (Å²) in [5.41, 5.74) is 5.56. The maximum atomic E-state index is 8.87. The number of fused-ring (bicyclic) bond motifs is 10. The van der Waals surface area contributed by atoms with Crippen molar-refractivity contribution in [2.75, 3.05) is 0 Å². The second-order valence-corrected chi connectivity index (χ2v) is 16.8. The van der Waals surface area contributed by atoms with Gasteiger partial charge in [0.2, 0.25) is 0 Å². The third-order valence-electron chi connectivity index (χ3n) is 11.9. The van der Waals surface area contributed by atoms with Crippen LogP contribution in [0.4, 0.5) is 0 Å². The molecular formula is C56H46N4O. The Morgan fingerprint density at radius 3 is 1.95 bits per heavy atom. The molecule has 0 unspecified atom stereocenters. The highest BCUT2D eigenvalue weighted by molar-refractivity contribution is 6.09. The summed E-state index contributed by atoms with van der Waals surface area (Å²) in [6, 6.07) is 52.0. The molecule has 1 aliphatic rings. The van der Waals surface area contributed by atoms with Crippen LogP contribution in [0.5, 0.6) is 11.5 Å². The molecule has 0 bridgehead atoms. The van der Waals surface area contributed by atoms with Gasteiger partial charge in [0.1, 0.15) is 17.3 Å². The van der Waals surface area contributed by atoms with Gasteiger partial charge >= 0.3 is 0 Å². The maximum absolute atomic E-state index is 8.87. The predicted octanol–water partition coefficient (Wildman–Crippen LogP) is 13.9. The summed E-state index contributed by atoms with van der Waals surface area (Å²) in [5, 5.41) is 2.13. The van der Waals surface area contributed by atoms with Crippen LogP contribution in [-0.2, 0) is 10.8 Å². The third-order valence-corrected chi connectivity index (χ3v) is 11.9. The van der Waals surface area contributed by atoms with E-state index in [1.165, 1.54) is 6.07 Å². The molecule has 5 heteroatoms. The van der Waals surface area contributed by atoms with Gasteiger partial charge in [0.15, 0.2) is 0 Å². The molecule has 0 aliphatic carbocycles. The van der Waals surface area contributed by atoms with E-state index in [0.29, 0.717) is 39.3 Å². The summed E-state index contributed by atoms with van der Waals surface area (Å²) < 4.78 is 92.2. The third kappa shape index (κ3) is 5.98. The highest BCUT2D eigenvalue weighted by Gasteiger charge is 2.29. The van der Waals surface area contributed by atoms with Crippen LogP contribution in [-0.4, -0.2) is 14.1 Å². The van der Waals surface area contributed by atoms with Crippen LogP contribution in [0.25, 0.3) is 83.4 Å². The number of hydrogen-bond donors (Lipinski definition) is 0. The molecule has 0 fully saturated rings. The number of aromatic nitrogens is 4. The van der Waals surface area contributed by atoms with Gasteiger partial charge in [-0.2, -0.15) is 0 Å². The molecule has 0 amide bonds. The Morgan fingerprint density at radius 2 is 1.18 bits per heavy atom. The monoisotopic (exact) mass is 799 g/mol.